The molecule has 0 aliphatic carbocycles. The Hall–Kier alpha value is -2.08. The van der Waals surface area contributed by atoms with Gasteiger partial charge in [0.15, 0.2) is 0 Å². The van der Waals surface area contributed by atoms with E-state index in [4.69, 9.17) is 4.74 Å². The summed E-state index contributed by atoms with van der Waals surface area (Å²) in [5.41, 5.74) is 0.991. The third kappa shape index (κ3) is 4.69. The van der Waals surface area contributed by atoms with E-state index >= 15 is 0 Å². The molecule has 1 aliphatic heterocycles. The van der Waals surface area contributed by atoms with Crippen molar-refractivity contribution in [3.05, 3.63) is 35.9 Å². The van der Waals surface area contributed by atoms with Gasteiger partial charge in [-0.15, -0.1) is 0 Å². The zero-order chi connectivity index (χ0) is 16.8. The molecule has 23 heavy (non-hydrogen) atoms. The summed E-state index contributed by atoms with van der Waals surface area (Å²) < 4.78 is 5.43. The minimum Gasteiger partial charge on any atom is -0.481 e. The summed E-state index contributed by atoms with van der Waals surface area (Å²) in [6.45, 7) is 3.16. The number of nitrogens with zero attached hydrogens (tertiary/aromatic N) is 1. The number of nitrogens with one attached hydrogen (secondary N) is 1. The molecule has 1 aliphatic rings. The molecule has 2 N–H and O–H groups in total. The molecule has 3 unspecified atom stereocenters. The molecule has 0 aromatic heterocycles. The van der Waals surface area contributed by atoms with Crippen molar-refractivity contribution in [3.63, 3.8) is 0 Å². The highest BCUT2D eigenvalue weighted by Gasteiger charge is 2.32. The number of carbonyl (C=O) groups is 2. The summed E-state index contributed by atoms with van der Waals surface area (Å²) in [6, 6.07) is 9.43. The molecular formula is C17H24N2O4. The van der Waals surface area contributed by atoms with Gasteiger partial charge in [-0.1, -0.05) is 37.3 Å². The van der Waals surface area contributed by atoms with Crippen molar-refractivity contribution in [2.75, 3.05) is 26.7 Å². The first kappa shape index (κ1) is 17.3. The number of benzene rings is 1. The second kappa shape index (κ2) is 7.97. The van der Waals surface area contributed by atoms with Gasteiger partial charge in [0, 0.05) is 26.7 Å². The molecule has 3 atom stereocenters. The minimum absolute atomic E-state index is 0.183. The standard InChI is InChI=1S/C17H24N2O4/c1-12-8-14(16(20)21)11-19(10-12)17(22)18-9-15(23-2)13-6-4-3-5-7-13/h3-7,12,14-15H,8-11H2,1-2H3,(H,18,22)(H,20,21). The molecule has 1 aromatic rings. The molecular weight excluding hydrogens is 296 g/mol. The summed E-state index contributed by atoms with van der Waals surface area (Å²) in [5, 5.41) is 12.0. The fourth-order valence-electron chi connectivity index (χ4n) is 2.99. The number of rotatable bonds is 5. The maximum atomic E-state index is 12.3. The van der Waals surface area contributed by atoms with Crippen LogP contribution in [0.1, 0.15) is 25.0 Å². The predicted molar refractivity (Wildman–Crippen MR) is 86.1 cm³/mol. The summed E-state index contributed by atoms with van der Waals surface area (Å²) in [4.78, 5) is 25.1. The molecule has 2 amide bonds. The zero-order valence-corrected chi connectivity index (χ0v) is 13.6. The molecule has 6 nitrogen and oxygen atoms in total. The average molecular weight is 320 g/mol. The lowest BCUT2D eigenvalue weighted by molar-refractivity contribution is -0.143. The number of hydrogen-bond acceptors (Lipinski definition) is 3. The first-order chi connectivity index (χ1) is 11.0. The Kier molecular flexibility index (Phi) is 5.98. The van der Waals surface area contributed by atoms with Crippen LogP contribution >= 0.6 is 0 Å². The lowest BCUT2D eigenvalue weighted by atomic mass is 9.91. The molecule has 1 saturated heterocycles. The smallest absolute Gasteiger partial charge is 0.317 e. The van der Waals surface area contributed by atoms with Crippen LogP contribution in [0.15, 0.2) is 30.3 Å². The molecule has 0 spiro atoms. The number of methoxy groups -OCH3 is 1. The lowest BCUT2D eigenvalue weighted by Crippen LogP contribution is -2.50. The van der Waals surface area contributed by atoms with Gasteiger partial charge in [0.25, 0.3) is 0 Å². The number of piperidine rings is 1. The molecule has 126 valence electrons. The number of carbonyl (C=O) groups excluding carboxylic acids is 1. The van der Waals surface area contributed by atoms with Crippen LogP contribution in [0.2, 0.25) is 0 Å². The van der Waals surface area contributed by atoms with Gasteiger partial charge in [0.1, 0.15) is 0 Å². The molecule has 2 rings (SSSR count). The van der Waals surface area contributed by atoms with Gasteiger partial charge in [-0.2, -0.15) is 0 Å². The average Bonchev–Trinajstić information content (AvgIpc) is 2.55. The third-order valence-electron chi connectivity index (χ3n) is 4.19. The normalized spacial score (nSPS) is 22.4. The Balaban J connectivity index is 1.92. The van der Waals surface area contributed by atoms with E-state index in [-0.39, 0.29) is 24.6 Å². The SMILES string of the molecule is COC(CNC(=O)N1CC(C)CC(C(=O)O)C1)c1ccccc1. The van der Waals surface area contributed by atoms with E-state index in [1.54, 1.807) is 12.0 Å². The van der Waals surface area contributed by atoms with Gasteiger partial charge < -0.3 is 20.1 Å². The van der Waals surface area contributed by atoms with E-state index < -0.39 is 11.9 Å². The number of ether oxygens (including phenoxy) is 1. The topological polar surface area (TPSA) is 78.9 Å². The van der Waals surface area contributed by atoms with E-state index in [1.807, 2.05) is 37.3 Å². The fourth-order valence-corrected chi connectivity index (χ4v) is 2.99. The third-order valence-corrected chi connectivity index (χ3v) is 4.19. The summed E-state index contributed by atoms with van der Waals surface area (Å²) in [7, 11) is 1.60. The Labute approximate surface area is 136 Å². The fraction of sp³-hybridized carbons (Fsp3) is 0.529. The predicted octanol–water partition coefficient (Wildman–Crippen LogP) is 2.13. The Morgan fingerprint density at radius 2 is 2.04 bits per heavy atom. The van der Waals surface area contributed by atoms with E-state index in [1.165, 1.54) is 0 Å². The van der Waals surface area contributed by atoms with Crippen LogP contribution in [0, 0.1) is 11.8 Å². The summed E-state index contributed by atoms with van der Waals surface area (Å²) in [6.07, 6.45) is 0.390. The molecule has 1 aromatic carbocycles. The van der Waals surface area contributed by atoms with Crippen molar-refractivity contribution >= 4 is 12.0 Å². The minimum atomic E-state index is -0.839. The van der Waals surface area contributed by atoms with Crippen molar-refractivity contribution in [1.82, 2.24) is 10.2 Å². The maximum Gasteiger partial charge on any atom is 0.317 e. The van der Waals surface area contributed by atoms with Crippen LogP contribution in [0.5, 0.6) is 0 Å². The highest BCUT2D eigenvalue weighted by atomic mass is 16.5. The van der Waals surface area contributed by atoms with E-state index in [0.29, 0.717) is 19.5 Å². The van der Waals surface area contributed by atoms with Gasteiger partial charge >= 0.3 is 12.0 Å². The Bertz CT molecular complexity index is 535. The van der Waals surface area contributed by atoms with Crippen LogP contribution < -0.4 is 5.32 Å². The van der Waals surface area contributed by atoms with Crippen LogP contribution in [-0.2, 0) is 9.53 Å². The van der Waals surface area contributed by atoms with Crippen molar-refractivity contribution in [1.29, 1.82) is 0 Å². The maximum absolute atomic E-state index is 12.3. The molecule has 0 saturated carbocycles. The zero-order valence-electron chi connectivity index (χ0n) is 13.6. The first-order valence-corrected chi connectivity index (χ1v) is 7.84. The van der Waals surface area contributed by atoms with Gasteiger partial charge in [-0.05, 0) is 17.9 Å². The molecule has 0 radical (unpaired) electrons. The van der Waals surface area contributed by atoms with Crippen LogP contribution in [0.3, 0.4) is 0 Å². The first-order valence-electron chi connectivity index (χ1n) is 7.84. The monoisotopic (exact) mass is 320 g/mol. The number of carboxylic acids is 1. The molecule has 0 bridgehead atoms. The number of hydrogen-bond donors (Lipinski definition) is 2. The van der Waals surface area contributed by atoms with Crippen LogP contribution in [0.25, 0.3) is 0 Å². The van der Waals surface area contributed by atoms with Gasteiger partial charge in [-0.25, -0.2) is 4.79 Å². The lowest BCUT2D eigenvalue weighted by Gasteiger charge is -2.34. The van der Waals surface area contributed by atoms with Crippen molar-refractivity contribution in [2.45, 2.75) is 19.4 Å². The van der Waals surface area contributed by atoms with Crippen LogP contribution in [-0.4, -0.2) is 48.8 Å². The highest BCUT2D eigenvalue weighted by molar-refractivity contribution is 5.76. The number of likely N-dealkylation sites (tertiary alicyclic amines) is 1. The largest absolute Gasteiger partial charge is 0.481 e. The van der Waals surface area contributed by atoms with Gasteiger partial charge in [-0.3, -0.25) is 4.79 Å². The van der Waals surface area contributed by atoms with Crippen LogP contribution in [0.4, 0.5) is 4.79 Å². The summed E-state index contributed by atoms with van der Waals surface area (Å²) >= 11 is 0. The summed E-state index contributed by atoms with van der Waals surface area (Å²) in [5.74, 6) is -1.15. The highest BCUT2D eigenvalue weighted by Crippen LogP contribution is 2.22. The van der Waals surface area contributed by atoms with E-state index in [0.717, 1.165) is 5.56 Å². The Morgan fingerprint density at radius 3 is 2.65 bits per heavy atom. The van der Waals surface area contributed by atoms with Crippen molar-refractivity contribution in [3.8, 4) is 0 Å². The van der Waals surface area contributed by atoms with E-state index in [9.17, 15) is 14.7 Å². The number of carboxylic acid groups (broad SMARTS) is 1. The number of urea groups is 1. The van der Waals surface area contributed by atoms with Gasteiger partial charge in [0.2, 0.25) is 0 Å². The van der Waals surface area contributed by atoms with Crippen molar-refractivity contribution in [2.24, 2.45) is 11.8 Å². The number of amides is 2. The van der Waals surface area contributed by atoms with Gasteiger partial charge in [0.05, 0.1) is 12.0 Å². The van der Waals surface area contributed by atoms with E-state index in [2.05, 4.69) is 5.32 Å². The number of aliphatic carboxylic acids is 1. The molecule has 6 heteroatoms. The molecule has 1 fully saturated rings. The second-order valence-corrected chi connectivity index (χ2v) is 6.10. The quantitative estimate of drug-likeness (QED) is 0.871. The van der Waals surface area contributed by atoms with Crippen molar-refractivity contribution < 1.29 is 19.4 Å². The molecule has 1 heterocycles. The second-order valence-electron chi connectivity index (χ2n) is 6.10. The Morgan fingerprint density at radius 1 is 1.35 bits per heavy atom.